The molecule has 0 bridgehead atoms. The Morgan fingerprint density at radius 3 is 1.79 bits per heavy atom. The molecule has 0 aliphatic heterocycles. The fourth-order valence-electron chi connectivity index (χ4n) is 3.44. The van der Waals surface area contributed by atoms with E-state index < -0.39 is 46.4 Å². The summed E-state index contributed by atoms with van der Waals surface area (Å²) in [5.74, 6) is -2.67. The van der Waals surface area contributed by atoms with Gasteiger partial charge in [0, 0.05) is 12.8 Å². The quantitative estimate of drug-likeness (QED) is 0.242. The molecule has 9 heteroatoms. The lowest BCUT2D eigenvalue weighted by Crippen LogP contribution is -2.52. The van der Waals surface area contributed by atoms with Gasteiger partial charge in [0.15, 0.2) is 11.5 Å². The number of hydrogen-bond donors (Lipinski definition) is 2. The molecule has 0 saturated heterocycles. The molecule has 0 spiro atoms. The van der Waals surface area contributed by atoms with Crippen molar-refractivity contribution >= 4 is 23.9 Å². The maximum atomic E-state index is 12.9. The van der Waals surface area contributed by atoms with Crippen LogP contribution in [0.5, 0.6) is 11.5 Å². The van der Waals surface area contributed by atoms with E-state index in [-0.39, 0.29) is 36.2 Å². The first-order chi connectivity index (χ1) is 17.7. The zero-order valence-corrected chi connectivity index (χ0v) is 25.2. The predicted molar refractivity (Wildman–Crippen MR) is 148 cm³/mol. The fourth-order valence-corrected chi connectivity index (χ4v) is 3.44. The molecule has 9 nitrogen and oxygen atoms in total. The van der Waals surface area contributed by atoms with Gasteiger partial charge in [0.25, 0.3) is 0 Å². The van der Waals surface area contributed by atoms with E-state index in [0.717, 1.165) is 0 Å². The molecule has 1 aromatic rings. The van der Waals surface area contributed by atoms with Crippen molar-refractivity contribution in [2.24, 2.45) is 22.0 Å². The van der Waals surface area contributed by atoms with Gasteiger partial charge in [-0.2, -0.15) is 0 Å². The van der Waals surface area contributed by atoms with E-state index >= 15 is 0 Å². The van der Waals surface area contributed by atoms with Gasteiger partial charge in [-0.25, -0.2) is 0 Å². The summed E-state index contributed by atoms with van der Waals surface area (Å²) < 4.78 is 16.7. The van der Waals surface area contributed by atoms with Crippen LogP contribution in [-0.2, 0) is 30.3 Å². The highest BCUT2D eigenvalue weighted by Gasteiger charge is 2.38. The van der Waals surface area contributed by atoms with E-state index in [2.05, 4.69) is 0 Å². The van der Waals surface area contributed by atoms with Gasteiger partial charge in [-0.1, -0.05) is 40.7 Å². The van der Waals surface area contributed by atoms with Crippen molar-refractivity contribution < 1.29 is 38.5 Å². The molecule has 2 atom stereocenters. The lowest BCUT2D eigenvalue weighted by molar-refractivity contribution is -0.154. The lowest BCUT2D eigenvalue weighted by atomic mass is 9.86. The number of aliphatic carboxylic acids is 1. The van der Waals surface area contributed by atoms with Crippen molar-refractivity contribution in [3.05, 3.63) is 23.8 Å². The van der Waals surface area contributed by atoms with Gasteiger partial charge in [-0.3, -0.25) is 19.2 Å². The number of nitrogens with two attached hydrogens (primary N) is 1. The Morgan fingerprint density at radius 2 is 1.36 bits per heavy atom. The number of carboxylic acids is 1. The number of benzene rings is 1. The zero-order chi connectivity index (χ0) is 30.4. The van der Waals surface area contributed by atoms with E-state index in [1.165, 1.54) is 12.1 Å². The van der Waals surface area contributed by atoms with Crippen molar-refractivity contribution in [3.8, 4) is 11.5 Å². The van der Waals surface area contributed by atoms with Crippen molar-refractivity contribution in [3.63, 3.8) is 0 Å². The standard InChI is InChI=1S/C30H47NO8/c1-11-28(7,8)25(35)38-21-14-13-20(15-22(21)39-26(36)29(9,10)12-2)17-30(31,24(33)34)16-19(3)37-23(32)18-27(4,5)6/h13-15,19H,11-12,16-18,31H2,1-10H3,(H,33,34)/t19-,30?/m0/s1. The van der Waals surface area contributed by atoms with Crippen LogP contribution in [0.25, 0.3) is 0 Å². The largest absolute Gasteiger partial charge is 0.480 e. The first-order valence-corrected chi connectivity index (χ1v) is 13.4. The summed E-state index contributed by atoms with van der Waals surface area (Å²) in [5, 5.41) is 9.99. The molecule has 39 heavy (non-hydrogen) atoms. The first-order valence-electron chi connectivity index (χ1n) is 13.4. The van der Waals surface area contributed by atoms with E-state index in [1.54, 1.807) is 40.7 Å². The normalized spacial score (nSPS) is 14.6. The summed E-state index contributed by atoms with van der Waals surface area (Å²) in [7, 11) is 0. The summed E-state index contributed by atoms with van der Waals surface area (Å²) in [6.45, 7) is 18.0. The topological polar surface area (TPSA) is 142 Å². The van der Waals surface area contributed by atoms with Gasteiger partial charge in [-0.05, 0) is 70.6 Å². The van der Waals surface area contributed by atoms with Crippen LogP contribution in [0.15, 0.2) is 18.2 Å². The Balaban J connectivity index is 3.32. The van der Waals surface area contributed by atoms with Crippen LogP contribution in [0, 0.1) is 16.2 Å². The van der Waals surface area contributed by atoms with Gasteiger partial charge in [0.1, 0.15) is 11.6 Å². The fraction of sp³-hybridized carbons (Fsp3) is 0.667. The van der Waals surface area contributed by atoms with Crippen LogP contribution in [0.4, 0.5) is 0 Å². The SMILES string of the molecule is CCC(C)(C)C(=O)Oc1ccc(CC(N)(C[C@H](C)OC(=O)CC(C)(C)C)C(=O)O)cc1OC(=O)C(C)(C)CC. The molecule has 0 aliphatic rings. The molecule has 0 radical (unpaired) electrons. The van der Waals surface area contributed by atoms with Crippen LogP contribution >= 0.6 is 0 Å². The van der Waals surface area contributed by atoms with E-state index in [1.807, 2.05) is 34.6 Å². The molecular weight excluding hydrogens is 502 g/mol. The second kappa shape index (κ2) is 12.9. The van der Waals surface area contributed by atoms with Crippen molar-refractivity contribution in [1.82, 2.24) is 0 Å². The third kappa shape index (κ3) is 10.3. The Kier molecular flexibility index (Phi) is 11.3. The highest BCUT2D eigenvalue weighted by molar-refractivity contribution is 5.82. The number of carboxylic acid groups (broad SMARTS) is 1. The highest BCUT2D eigenvalue weighted by Crippen LogP contribution is 2.35. The van der Waals surface area contributed by atoms with Crippen LogP contribution in [0.2, 0.25) is 0 Å². The van der Waals surface area contributed by atoms with Crippen LogP contribution in [0.1, 0.15) is 100 Å². The number of ether oxygens (including phenoxy) is 3. The molecule has 0 saturated carbocycles. The predicted octanol–water partition coefficient (Wildman–Crippen LogP) is 5.45. The monoisotopic (exact) mass is 549 g/mol. The van der Waals surface area contributed by atoms with Crippen molar-refractivity contribution in [2.45, 2.75) is 113 Å². The minimum Gasteiger partial charge on any atom is -0.480 e. The molecule has 0 amide bonds. The maximum Gasteiger partial charge on any atom is 0.324 e. The maximum absolute atomic E-state index is 12.9. The molecule has 0 aliphatic carbocycles. The van der Waals surface area contributed by atoms with Gasteiger partial charge >= 0.3 is 23.9 Å². The van der Waals surface area contributed by atoms with E-state index in [4.69, 9.17) is 19.9 Å². The minimum absolute atomic E-state index is 0.00308. The summed E-state index contributed by atoms with van der Waals surface area (Å²) in [6, 6.07) is 4.51. The second-order valence-corrected chi connectivity index (χ2v) is 12.9. The zero-order valence-electron chi connectivity index (χ0n) is 25.2. The molecular formula is C30H47NO8. The Morgan fingerprint density at radius 1 is 0.872 bits per heavy atom. The average Bonchev–Trinajstić information content (AvgIpc) is 2.78. The van der Waals surface area contributed by atoms with Gasteiger partial charge in [0.2, 0.25) is 0 Å². The summed E-state index contributed by atoms with van der Waals surface area (Å²) >= 11 is 0. The Hall–Kier alpha value is -2.94. The average molecular weight is 550 g/mol. The second-order valence-electron chi connectivity index (χ2n) is 12.9. The van der Waals surface area contributed by atoms with Gasteiger partial charge in [-0.15, -0.1) is 0 Å². The van der Waals surface area contributed by atoms with E-state index in [0.29, 0.717) is 18.4 Å². The third-order valence-corrected chi connectivity index (χ3v) is 6.89. The summed E-state index contributed by atoms with van der Waals surface area (Å²) in [4.78, 5) is 50.1. The molecule has 1 rings (SSSR count). The molecule has 0 fully saturated rings. The Labute approximate surface area is 232 Å². The molecule has 220 valence electrons. The number of esters is 3. The molecule has 1 aromatic carbocycles. The number of carbonyl (C=O) groups excluding carboxylic acids is 3. The molecule has 0 heterocycles. The number of carbonyl (C=O) groups is 4. The van der Waals surface area contributed by atoms with Gasteiger partial charge < -0.3 is 25.1 Å². The minimum atomic E-state index is -1.78. The van der Waals surface area contributed by atoms with Crippen LogP contribution in [-0.4, -0.2) is 40.6 Å². The highest BCUT2D eigenvalue weighted by atomic mass is 16.6. The number of rotatable bonds is 13. The van der Waals surface area contributed by atoms with Crippen molar-refractivity contribution in [2.75, 3.05) is 0 Å². The smallest absolute Gasteiger partial charge is 0.324 e. The van der Waals surface area contributed by atoms with Crippen LogP contribution < -0.4 is 15.2 Å². The lowest BCUT2D eigenvalue weighted by Gasteiger charge is -2.29. The first kappa shape index (κ1) is 34.1. The van der Waals surface area contributed by atoms with E-state index in [9.17, 15) is 24.3 Å². The molecule has 1 unspecified atom stereocenters. The van der Waals surface area contributed by atoms with Crippen molar-refractivity contribution in [1.29, 1.82) is 0 Å². The third-order valence-electron chi connectivity index (χ3n) is 6.89. The molecule has 0 aromatic heterocycles. The summed E-state index contributed by atoms with van der Waals surface area (Å²) in [6.07, 6.45) is 0.187. The van der Waals surface area contributed by atoms with Gasteiger partial charge in [0.05, 0.1) is 17.3 Å². The molecule has 3 N–H and O–H groups in total. The van der Waals surface area contributed by atoms with Crippen LogP contribution in [0.3, 0.4) is 0 Å². The number of hydrogen-bond acceptors (Lipinski definition) is 8. The Bertz CT molecular complexity index is 1050. The summed E-state index contributed by atoms with van der Waals surface area (Å²) in [5.41, 5.74) is 3.15.